The lowest BCUT2D eigenvalue weighted by atomic mass is 10.0. The van der Waals surface area contributed by atoms with Gasteiger partial charge in [0.2, 0.25) is 0 Å². The summed E-state index contributed by atoms with van der Waals surface area (Å²) in [6, 6.07) is 19.0. The van der Waals surface area contributed by atoms with Crippen LogP contribution in [0.4, 0.5) is 0 Å². The Hall–Kier alpha value is -5.25. The second-order valence-electron chi connectivity index (χ2n) is 9.48. The molecule has 0 heterocycles. The topological polar surface area (TPSA) is 149 Å². The number of ether oxygens (including phenoxy) is 3. The number of carbonyl (C=O) groups is 4. The van der Waals surface area contributed by atoms with Crippen LogP contribution >= 0.6 is 0 Å². The van der Waals surface area contributed by atoms with Gasteiger partial charge in [-0.2, -0.15) is 0 Å². The number of nitrogens with two attached hydrogens (primary N) is 1. The van der Waals surface area contributed by atoms with Gasteiger partial charge in [-0.1, -0.05) is 42.5 Å². The van der Waals surface area contributed by atoms with Gasteiger partial charge in [0.1, 0.15) is 17.6 Å². The maximum absolute atomic E-state index is 13.9. The van der Waals surface area contributed by atoms with Crippen molar-refractivity contribution in [3.63, 3.8) is 0 Å². The van der Waals surface area contributed by atoms with Gasteiger partial charge in [0.15, 0.2) is 6.04 Å². The number of nitrogen functional groups attached to an aromatic ring is 1. The van der Waals surface area contributed by atoms with Crippen molar-refractivity contribution in [3.05, 3.63) is 107 Å². The molecule has 0 bridgehead atoms. The van der Waals surface area contributed by atoms with E-state index in [4.69, 9.17) is 25.4 Å². The number of rotatable bonds is 12. The molecule has 0 aromatic heterocycles. The van der Waals surface area contributed by atoms with Crippen molar-refractivity contribution in [1.29, 1.82) is 5.41 Å². The van der Waals surface area contributed by atoms with E-state index in [9.17, 15) is 19.2 Å². The predicted octanol–water partition coefficient (Wildman–Crippen LogP) is 4.68. The highest BCUT2D eigenvalue weighted by Gasteiger charge is 2.39. The van der Waals surface area contributed by atoms with Crippen molar-refractivity contribution >= 4 is 35.7 Å². The summed E-state index contributed by atoms with van der Waals surface area (Å²) in [5, 5.41) is 7.45. The first-order chi connectivity index (χ1) is 20.6. The van der Waals surface area contributed by atoms with Gasteiger partial charge in [-0.05, 0) is 81.3 Å². The van der Waals surface area contributed by atoms with Crippen molar-refractivity contribution in [2.75, 3.05) is 13.2 Å². The number of nitrogens with one attached hydrogen (secondary N) is 1. The fourth-order valence-electron chi connectivity index (χ4n) is 4.26. The summed E-state index contributed by atoms with van der Waals surface area (Å²) >= 11 is 0. The number of nitrogens with zero attached hydrogens (tertiary/aromatic N) is 1. The molecule has 3 rings (SSSR count). The van der Waals surface area contributed by atoms with E-state index in [1.165, 1.54) is 11.8 Å². The van der Waals surface area contributed by atoms with E-state index in [0.29, 0.717) is 22.4 Å². The zero-order valence-corrected chi connectivity index (χ0v) is 24.5. The standard InChI is InChI=1S/C33H35N3O7/c1-5-41-31(38)22(4)36(28(33(40)42-6-2)24-10-8-7-9-11-24)30(37)21(3)20-23-12-14-26(15-13-23)32(39)43-27-18-16-25(17-19-27)29(34)35/h7-20,22,28H,5-6H2,1-4H3,(H3,34,35). The van der Waals surface area contributed by atoms with Crippen LogP contribution in [0.25, 0.3) is 6.08 Å². The minimum atomic E-state index is -1.20. The molecule has 224 valence electrons. The Morgan fingerprint density at radius 2 is 1.40 bits per heavy atom. The maximum Gasteiger partial charge on any atom is 0.343 e. The molecule has 0 radical (unpaired) electrons. The molecule has 0 aliphatic carbocycles. The first-order valence-electron chi connectivity index (χ1n) is 13.7. The lowest BCUT2D eigenvalue weighted by molar-refractivity contribution is -0.162. The summed E-state index contributed by atoms with van der Waals surface area (Å²) < 4.78 is 15.9. The third-order valence-corrected chi connectivity index (χ3v) is 6.43. The Morgan fingerprint density at radius 3 is 1.95 bits per heavy atom. The van der Waals surface area contributed by atoms with Crippen molar-refractivity contribution in [2.45, 2.75) is 39.8 Å². The van der Waals surface area contributed by atoms with E-state index in [2.05, 4.69) is 0 Å². The molecule has 1 amide bonds. The second kappa shape index (κ2) is 15.1. The average molecular weight is 586 g/mol. The SMILES string of the molecule is CCOC(=O)C(C)N(C(=O)C(C)=Cc1ccc(C(=O)Oc2ccc(C(=N)N)cc2)cc1)C(C(=O)OCC)c1ccccc1. The monoisotopic (exact) mass is 585 g/mol. The van der Waals surface area contributed by atoms with Gasteiger partial charge in [-0.3, -0.25) is 10.2 Å². The zero-order chi connectivity index (χ0) is 31.5. The lowest BCUT2D eigenvalue weighted by Crippen LogP contribution is -2.49. The van der Waals surface area contributed by atoms with Crippen LogP contribution in [0, 0.1) is 5.41 Å². The Labute approximate surface area is 250 Å². The van der Waals surface area contributed by atoms with Crippen LogP contribution < -0.4 is 10.5 Å². The second-order valence-corrected chi connectivity index (χ2v) is 9.48. The van der Waals surface area contributed by atoms with Crippen LogP contribution in [-0.2, 0) is 23.9 Å². The summed E-state index contributed by atoms with van der Waals surface area (Å²) in [6.45, 7) is 6.60. The van der Waals surface area contributed by atoms with Crippen LogP contribution in [0.3, 0.4) is 0 Å². The predicted molar refractivity (Wildman–Crippen MR) is 161 cm³/mol. The van der Waals surface area contributed by atoms with E-state index in [1.54, 1.807) is 106 Å². The smallest absolute Gasteiger partial charge is 0.343 e. The van der Waals surface area contributed by atoms with Gasteiger partial charge in [-0.25, -0.2) is 14.4 Å². The molecule has 2 atom stereocenters. The highest BCUT2D eigenvalue weighted by Crippen LogP contribution is 2.28. The van der Waals surface area contributed by atoms with Gasteiger partial charge >= 0.3 is 17.9 Å². The summed E-state index contributed by atoms with van der Waals surface area (Å²) in [5.41, 5.74) is 7.56. The van der Waals surface area contributed by atoms with Crippen molar-refractivity contribution < 1.29 is 33.4 Å². The quantitative estimate of drug-likeness (QED) is 0.102. The first-order valence-corrected chi connectivity index (χ1v) is 13.7. The van der Waals surface area contributed by atoms with Gasteiger partial charge in [0.05, 0.1) is 18.8 Å². The van der Waals surface area contributed by atoms with E-state index in [0.717, 1.165) is 0 Å². The van der Waals surface area contributed by atoms with Gasteiger partial charge in [0.25, 0.3) is 5.91 Å². The number of esters is 3. The molecule has 3 N–H and O–H groups in total. The molecule has 0 spiro atoms. The molecule has 0 saturated heterocycles. The Bertz CT molecular complexity index is 1480. The molecule has 0 aliphatic heterocycles. The van der Waals surface area contributed by atoms with Crippen molar-refractivity contribution in [2.24, 2.45) is 5.73 Å². The van der Waals surface area contributed by atoms with Gasteiger partial charge in [0, 0.05) is 11.1 Å². The third-order valence-electron chi connectivity index (χ3n) is 6.43. The van der Waals surface area contributed by atoms with Gasteiger partial charge in [-0.15, -0.1) is 0 Å². The van der Waals surface area contributed by atoms with Crippen LogP contribution in [0.15, 0.2) is 84.4 Å². The fraction of sp³-hybridized carbons (Fsp3) is 0.242. The third kappa shape index (κ3) is 8.38. The normalized spacial score (nSPS) is 12.4. The molecular weight excluding hydrogens is 550 g/mol. The molecule has 10 nitrogen and oxygen atoms in total. The van der Waals surface area contributed by atoms with Crippen molar-refractivity contribution in [3.8, 4) is 5.75 Å². The van der Waals surface area contributed by atoms with Crippen molar-refractivity contribution in [1.82, 2.24) is 4.90 Å². The highest BCUT2D eigenvalue weighted by atomic mass is 16.5. The summed E-state index contributed by atoms with van der Waals surface area (Å²) in [6.07, 6.45) is 1.59. The number of hydrogen-bond donors (Lipinski definition) is 2. The number of amides is 1. The first kappa shape index (κ1) is 32.3. The van der Waals surface area contributed by atoms with Crippen LogP contribution in [-0.4, -0.2) is 53.8 Å². The average Bonchev–Trinajstić information content (AvgIpc) is 3.00. The van der Waals surface area contributed by atoms with Crippen LogP contribution in [0.5, 0.6) is 5.75 Å². The van der Waals surface area contributed by atoms with Crippen LogP contribution in [0.2, 0.25) is 0 Å². The Kier molecular flexibility index (Phi) is 11.3. The molecule has 0 saturated carbocycles. The molecule has 0 fully saturated rings. The lowest BCUT2D eigenvalue weighted by Gasteiger charge is -2.34. The Morgan fingerprint density at radius 1 is 0.837 bits per heavy atom. The summed E-state index contributed by atoms with van der Waals surface area (Å²) in [4.78, 5) is 53.7. The number of benzene rings is 3. The minimum Gasteiger partial charge on any atom is -0.464 e. The van der Waals surface area contributed by atoms with E-state index in [1.807, 2.05) is 0 Å². The molecule has 43 heavy (non-hydrogen) atoms. The number of carbonyl (C=O) groups excluding carboxylic acids is 4. The van der Waals surface area contributed by atoms with Gasteiger partial charge < -0.3 is 24.8 Å². The van der Waals surface area contributed by atoms with E-state index < -0.39 is 35.9 Å². The number of amidine groups is 1. The van der Waals surface area contributed by atoms with E-state index >= 15 is 0 Å². The molecule has 2 unspecified atom stereocenters. The maximum atomic E-state index is 13.9. The van der Waals surface area contributed by atoms with Crippen LogP contribution in [0.1, 0.15) is 60.8 Å². The molecule has 3 aromatic carbocycles. The fourth-order valence-corrected chi connectivity index (χ4v) is 4.26. The zero-order valence-electron chi connectivity index (χ0n) is 24.5. The van der Waals surface area contributed by atoms with E-state index in [-0.39, 0.29) is 30.2 Å². The number of hydrogen-bond acceptors (Lipinski definition) is 8. The Balaban J connectivity index is 1.88. The summed E-state index contributed by atoms with van der Waals surface area (Å²) in [7, 11) is 0. The molecule has 10 heteroatoms. The molecule has 3 aromatic rings. The molecular formula is C33H35N3O7. The largest absolute Gasteiger partial charge is 0.464 e. The minimum absolute atomic E-state index is 0.0886. The molecule has 0 aliphatic rings. The highest BCUT2D eigenvalue weighted by molar-refractivity contribution is 6.02. The summed E-state index contributed by atoms with van der Waals surface area (Å²) in [5.74, 6) is -2.29.